The van der Waals surface area contributed by atoms with E-state index in [1.807, 2.05) is 60.8 Å². The third kappa shape index (κ3) is 5.90. The Morgan fingerprint density at radius 2 is 1.62 bits per heavy atom. The molecule has 7 rings (SSSR count). The molecule has 8 nitrogen and oxygen atoms in total. The molecule has 2 amide bonds. The van der Waals surface area contributed by atoms with Gasteiger partial charge in [0.25, 0.3) is 0 Å². The fourth-order valence-corrected chi connectivity index (χ4v) is 8.01. The number of methoxy groups -OCH3 is 1. The van der Waals surface area contributed by atoms with Crippen molar-refractivity contribution in [2.75, 3.05) is 20.2 Å². The van der Waals surface area contributed by atoms with Gasteiger partial charge in [-0.05, 0) is 86.3 Å². The standard InChI is InChI=1S/C34H41N3O5/c1-34(19-27-20-35-29-11-7-6-10-28(27)29,32(39)37(21-30(38)41-2)13-12-22-8-4-3-5-9-22)36-33(40)42-31-25-15-23-14-24(17-25)18-26(31)16-23/h3-11,20,23-26,31,35H,12-19,21H2,1-2H3,(H,36,40). The van der Waals surface area contributed by atoms with E-state index in [2.05, 4.69) is 10.3 Å². The molecular weight excluding hydrogens is 530 g/mol. The number of nitrogens with zero attached hydrogens (tertiary/aromatic N) is 1. The molecule has 2 aromatic carbocycles. The first kappa shape index (κ1) is 28.3. The smallest absolute Gasteiger partial charge is 0.408 e. The van der Waals surface area contributed by atoms with Gasteiger partial charge in [-0.25, -0.2) is 4.79 Å². The first-order valence-electron chi connectivity index (χ1n) is 15.2. The van der Waals surface area contributed by atoms with Gasteiger partial charge < -0.3 is 24.7 Å². The fraction of sp³-hybridized carbons (Fsp3) is 0.500. The van der Waals surface area contributed by atoms with E-state index in [4.69, 9.17) is 9.47 Å². The third-order valence-electron chi connectivity index (χ3n) is 9.80. The maximum atomic E-state index is 14.4. The summed E-state index contributed by atoms with van der Waals surface area (Å²) in [6.45, 7) is 1.83. The SMILES string of the molecule is COC(=O)CN(CCc1ccccc1)C(=O)C(C)(Cc1c[nH]c2ccccc12)NC(=O)OC1C2CC3CC(C2)CC1C3. The molecule has 1 aromatic heterocycles. The van der Waals surface area contributed by atoms with Gasteiger partial charge in [0.1, 0.15) is 18.2 Å². The Balaban J connectivity index is 1.25. The van der Waals surface area contributed by atoms with Crippen LogP contribution in [0.3, 0.4) is 0 Å². The van der Waals surface area contributed by atoms with Crippen LogP contribution in [0.5, 0.6) is 0 Å². The Bertz CT molecular complexity index is 1410. The van der Waals surface area contributed by atoms with Crippen LogP contribution in [-0.4, -0.2) is 59.7 Å². The molecule has 0 aliphatic heterocycles. The number of para-hydroxylation sites is 1. The van der Waals surface area contributed by atoms with Crippen molar-refractivity contribution in [3.05, 3.63) is 71.9 Å². The average Bonchev–Trinajstić information content (AvgIpc) is 3.39. The molecule has 1 unspecified atom stereocenters. The summed E-state index contributed by atoms with van der Waals surface area (Å²) >= 11 is 0. The molecule has 0 saturated heterocycles. The van der Waals surface area contributed by atoms with Crippen LogP contribution in [0.15, 0.2) is 60.8 Å². The zero-order valence-corrected chi connectivity index (χ0v) is 24.5. The summed E-state index contributed by atoms with van der Waals surface area (Å²) in [6, 6.07) is 17.7. The van der Waals surface area contributed by atoms with Crippen LogP contribution in [0.4, 0.5) is 4.79 Å². The van der Waals surface area contributed by atoms with Crippen LogP contribution in [0, 0.1) is 23.7 Å². The molecule has 1 atom stereocenters. The van der Waals surface area contributed by atoms with Gasteiger partial charge in [0, 0.05) is 30.1 Å². The summed E-state index contributed by atoms with van der Waals surface area (Å²) < 4.78 is 11.1. The quantitative estimate of drug-likeness (QED) is 0.323. The first-order valence-corrected chi connectivity index (χ1v) is 15.2. The topological polar surface area (TPSA) is 101 Å². The van der Waals surface area contributed by atoms with Crippen molar-refractivity contribution >= 4 is 28.9 Å². The monoisotopic (exact) mass is 571 g/mol. The van der Waals surface area contributed by atoms with Crippen molar-refractivity contribution < 1.29 is 23.9 Å². The average molecular weight is 572 g/mol. The van der Waals surface area contributed by atoms with Gasteiger partial charge in [-0.15, -0.1) is 0 Å². The fourth-order valence-electron chi connectivity index (χ4n) is 8.01. The zero-order chi connectivity index (χ0) is 29.3. The van der Waals surface area contributed by atoms with Crippen LogP contribution in [0.1, 0.15) is 50.2 Å². The van der Waals surface area contributed by atoms with Gasteiger partial charge in [-0.2, -0.15) is 0 Å². The van der Waals surface area contributed by atoms with Gasteiger partial charge in [0.05, 0.1) is 7.11 Å². The molecule has 222 valence electrons. The Hall–Kier alpha value is -3.81. The summed E-state index contributed by atoms with van der Waals surface area (Å²) in [5, 5.41) is 3.99. The number of fused-ring (bicyclic) bond motifs is 1. The van der Waals surface area contributed by atoms with E-state index < -0.39 is 17.6 Å². The molecule has 4 bridgehead atoms. The van der Waals surface area contributed by atoms with Crippen LogP contribution in [0.2, 0.25) is 0 Å². The number of ether oxygens (including phenoxy) is 2. The predicted octanol–water partition coefficient (Wildman–Crippen LogP) is 5.26. The molecule has 4 aliphatic rings. The van der Waals surface area contributed by atoms with E-state index in [9.17, 15) is 14.4 Å². The Labute approximate surface area is 247 Å². The Morgan fingerprint density at radius 3 is 2.31 bits per heavy atom. The molecular formula is C34H41N3O5. The minimum atomic E-state index is -1.36. The van der Waals surface area contributed by atoms with Gasteiger partial charge in [-0.3, -0.25) is 9.59 Å². The van der Waals surface area contributed by atoms with Crippen molar-refractivity contribution in [3.8, 4) is 0 Å². The molecule has 0 spiro atoms. The number of rotatable bonds is 10. The number of alkyl carbamates (subject to hydrolysis) is 1. The Morgan fingerprint density at radius 1 is 0.952 bits per heavy atom. The zero-order valence-electron chi connectivity index (χ0n) is 24.5. The van der Waals surface area contributed by atoms with Gasteiger partial charge in [0.15, 0.2) is 0 Å². The molecule has 2 N–H and O–H groups in total. The number of amides is 2. The first-order chi connectivity index (χ1) is 20.3. The number of carbonyl (C=O) groups excluding carboxylic acids is 3. The highest BCUT2D eigenvalue weighted by molar-refractivity contribution is 5.93. The van der Waals surface area contributed by atoms with Crippen LogP contribution in [-0.2, 0) is 31.9 Å². The second-order valence-electron chi connectivity index (χ2n) is 12.8. The lowest BCUT2D eigenvalue weighted by Gasteiger charge is -2.53. The summed E-state index contributed by atoms with van der Waals surface area (Å²) in [4.78, 5) is 45.3. The van der Waals surface area contributed by atoms with E-state index in [1.54, 1.807) is 6.92 Å². The number of nitrogens with one attached hydrogen (secondary N) is 2. The van der Waals surface area contributed by atoms with E-state index in [0.29, 0.717) is 24.8 Å². The molecule has 42 heavy (non-hydrogen) atoms. The van der Waals surface area contributed by atoms with Gasteiger partial charge in [-0.1, -0.05) is 48.5 Å². The molecule has 4 aliphatic carbocycles. The highest BCUT2D eigenvalue weighted by Crippen LogP contribution is 2.54. The van der Waals surface area contributed by atoms with Crippen molar-refractivity contribution in [2.45, 2.75) is 63.5 Å². The summed E-state index contributed by atoms with van der Waals surface area (Å²) in [5.41, 5.74) is 1.54. The number of aromatic nitrogens is 1. The number of benzene rings is 2. The maximum Gasteiger partial charge on any atom is 0.408 e. The molecule has 3 aromatic rings. The van der Waals surface area contributed by atoms with E-state index in [0.717, 1.165) is 59.5 Å². The highest BCUT2D eigenvalue weighted by Gasteiger charge is 2.50. The largest absolute Gasteiger partial charge is 0.468 e. The molecule has 8 heteroatoms. The number of H-pyrrole nitrogens is 1. The molecule has 0 radical (unpaired) electrons. The van der Waals surface area contributed by atoms with Gasteiger partial charge in [0.2, 0.25) is 5.91 Å². The number of hydrogen-bond acceptors (Lipinski definition) is 5. The second-order valence-corrected chi connectivity index (χ2v) is 12.8. The van der Waals surface area contributed by atoms with E-state index in [1.165, 1.54) is 18.4 Å². The van der Waals surface area contributed by atoms with Crippen LogP contribution >= 0.6 is 0 Å². The number of hydrogen-bond donors (Lipinski definition) is 2. The minimum absolute atomic E-state index is 0.102. The Kier molecular flexibility index (Phi) is 7.97. The van der Waals surface area contributed by atoms with Crippen LogP contribution in [0.25, 0.3) is 10.9 Å². The number of aromatic amines is 1. The van der Waals surface area contributed by atoms with Crippen molar-refractivity contribution in [1.82, 2.24) is 15.2 Å². The van der Waals surface area contributed by atoms with E-state index in [-0.39, 0.29) is 25.0 Å². The lowest BCUT2D eigenvalue weighted by atomic mass is 9.55. The van der Waals surface area contributed by atoms with Crippen molar-refractivity contribution in [3.63, 3.8) is 0 Å². The molecule has 1 heterocycles. The molecule has 4 fully saturated rings. The third-order valence-corrected chi connectivity index (χ3v) is 9.80. The lowest BCUT2D eigenvalue weighted by Crippen LogP contribution is -2.61. The maximum absolute atomic E-state index is 14.4. The van der Waals surface area contributed by atoms with Gasteiger partial charge >= 0.3 is 12.1 Å². The summed E-state index contributed by atoms with van der Waals surface area (Å²) in [5.74, 6) is 1.48. The van der Waals surface area contributed by atoms with E-state index >= 15 is 0 Å². The lowest BCUT2D eigenvalue weighted by molar-refractivity contribution is -0.149. The number of carbonyl (C=O) groups is 3. The summed E-state index contributed by atoms with van der Waals surface area (Å²) in [7, 11) is 1.31. The minimum Gasteiger partial charge on any atom is -0.468 e. The summed E-state index contributed by atoms with van der Waals surface area (Å²) in [6.07, 6.45) is 7.84. The van der Waals surface area contributed by atoms with Crippen molar-refractivity contribution in [1.29, 1.82) is 0 Å². The van der Waals surface area contributed by atoms with Crippen LogP contribution < -0.4 is 5.32 Å². The predicted molar refractivity (Wildman–Crippen MR) is 160 cm³/mol. The molecule has 4 saturated carbocycles. The second kappa shape index (κ2) is 11.8. The normalized spacial score (nSPS) is 25.5. The number of esters is 1. The highest BCUT2D eigenvalue weighted by atomic mass is 16.6. The van der Waals surface area contributed by atoms with Crippen molar-refractivity contribution in [2.24, 2.45) is 23.7 Å².